The largest absolute Gasteiger partial charge is 0.263 e. The van der Waals surface area contributed by atoms with Crippen molar-refractivity contribution in [2.45, 2.75) is 25.3 Å². The van der Waals surface area contributed by atoms with Gasteiger partial charge in [0.1, 0.15) is 6.33 Å². The molecule has 0 spiro atoms. The summed E-state index contributed by atoms with van der Waals surface area (Å²) in [4.78, 5) is 4.73. The van der Waals surface area contributed by atoms with Gasteiger partial charge in [0.05, 0.1) is 41.0 Å². The molecule has 1 aliphatic carbocycles. The van der Waals surface area contributed by atoms with Gasteiger partial charge in [-0.3, -0.25) is 9.67 Å². The number of aromatic nitrogens is 9. The third-order valence-electron chi connectivity index (χ3n) is 6.18. The molecule has 174 valence electrons. The Bertz CT molecular complexity index is 1450. The summed E-state index contributed by atoms with van der Waals surface area (Å²) in [6.07, 6.45) is 13.6. The average molecular weight is 488 g/mol. The Labute approximate surface area is 204 Å². The van der Waals surface area contributed by atoms with Crippen LogP contribution < -0.4 is 0 Å². The molecule has 1 atom stereocenters. The van der Waals surface area contributed by atoms with Gasteiger partial charge >= 0.3 is 0 Å². The summed E-state index contributed by atoms with van der Waals surface area (Å²) in [5.74, 6) is 0.0972. The van der Waals surface area contributed by atoms with Crippen molar-refractivity contribution in [3.8, 4) is 27.9 Å². The highest BCUT2D eigenvalue weighted by Gasteiger charge is 2.29. The lowest BCUT2D eigenvalue weighted by atomic mass is 10.0. The first kappa shape index (κ1) is 21.5. The van der Waals surface area contributed by atoms with E-state index in [0.29, 0.717) is 17.2 Å². The van der Waals surface area contributed by atoms with Crippen molar-refractivity contribution in [3.05, 3.63) is 84.2 Å². The molecule has 1 fully saturated rings. The van der Waals surface area contributed by atoms with Crippen molar-refractivity contribution in [2.75, 3.05) is 0 Å². The predicted octanol–water partition coefficient (Wildman–Crippen LogP) is 4.56. The van der Waals surface area contributed by atoms with E-state index in [1.54, 1.807) is 24.7 Å². The molecule has 0 saturated heterocycles. The van der Waals surface area contributed by atoms with Crippen LogP contribution in [0.1, 0.15) is 31.0 Å². The second-order valence-corrected chi connectivity index (χ2v) is 8.92. The molecule has 1 saturated carbocycles. The molecule has 0 aliphatic heterocycles. The number of tetrazole rings is 1. The summed E-state index contributed by atoms with van der Waals surface area (Å²) in [5.41, 5.74) is 4.11. The Kier molecular flexibility index (Phi) is 5.49. The molecule has 0 bridgehead atoms. The highest BCUT2D eigenvalue weighted by molar-refractivity contribution is 6.31. The molecule has 0 radical (unpaired) electrons. The second-order valence-electron chi connectivity index (χ2n) is 8.52. The molecule has 5 aromatic rings. The Morgan fingerprint density at radius 1 is 0.971 bits per heavy atom. The molecule has 1 unspecified atom stereocenters. The van der Waals surface area contributed by atoms with Crippen LogP contribution in [0.4, 0.5) is 4.39 Å². The standard InChI is InChI=1S/C24H19ClFN9/c25-19-4-6-21(35-14-30-32-33-35)23(24(19)26)17-3-5-20(27-10-17)22(9-15-1-2-15)34-13-18(12-31-34)16-7-8-28-29-11-16/h3-8,10-15,22H,1-2,9H2. The predicted molar refractivity (Wildman–Crippen MR) is 126 cm³/mol. The average Bonchev–Trinajstić information content (AvgIpc) is 3.33. The summed E-state index contributed by atoms with van der Waals surface area (Å²) in [6, 6.07) is 8.80. The van der Waals surface area contributed by atoms with E-state index in [9.17, 15) is 0 Å². The molecular weight excluding hydrogens is 469 g/mol. The van der Waals surface area contributed by atoms with Gasteiger partial charge in [0.25, 0.3) is 0 Å². The van der Waals surface area contributed by atoms with Gasteiger partial charge in [0.15, 0.2) is 5.82 Å². The fraction of sp³-hybridized carbons (Fsp3) is 0.208. The zero-order valence-corrected chi connectivity index (χ0v) is 19.2. The fourth-order valence-corrected chi connectivity index (χ4v) is 4.34. The highest BCUT2D eigenvalue weighted by atomic mass is 35.5. The van der Waals surface area contributed by atoms with Gasteiger partial charge in [0.2, 0.25) is 0 Å². The lowest BCUT2D eigenvalue weighted by Crippen LogP contribution is -2.13. The SMILES string of the molecule is Fc1c(Cl)ccc(-n2cnnn2)c1-c1ccc(C(CC2CC2)n2cc(-c3ccnnc3)cn2)nc1. The van der Waals surface area contributed by atoms with Gasteiger partial charge in [-0.25, -0.2) is 4.39 Å². The van der Waals surface area contributed by atoms with Gasteiger partial charge in [-0.15, -0.1) is 5.10 Å². The topological polar surface area (TPSA) is 100 Å². The molecule has 35 heavy (non-hydrogen) atoms. The number of pyridine rings is 1. The molecule has 0 N–H and O–H groups in total. The first-order chi connectivity index (χ1) is 17.2. The first-order valence-electron chi connectivity index (χ1n) is 11.2. The lowest BCUT2D eigenvalue weighted by molar-refractivity contribution is 0.455. The van der Waals surface area contributed by atoms with Crippen LogP contribution in [0.5, 0.6) is 0 Å². The molecular formula is C24H19ClFN9. The zero-order valence-electron chi connectivity index (χ0n) is 18.4. The van der Waals surface area contributed by atoms with Gasteiger partial charge in [-0.2, -0.15) is 20.0 Å². The molecule has 1 aromatic carbocycles. The van der Waals surface area contributed by atoms with Gasteiger partial charge < -0.3 is 0 Å². The normalized spacial score (nSPS) is 14.2. The minimum absolute atomic E-state index is 0.0159. The van der Waals surface area contributed by atoms with E-state index in [1.165, 1.54) is 29.9 Å². The zero-order chi connectivity index (χ0) is 23.8. The highest BCUT2D eigenvalue weighted by Crippen LogP contribution is 2.40. The number of hydrogen-bond acceptors (Lipinski definition) is 7. The fourth-order valence-electron chi connectivity index (χ4n) is 4.18. The van der Waals surface area contributed by atoms with Crippen molar-refractivity contribution in [1.29, 1.82) is 0 Å². The Balaban J connectivity index is 1.36. The molecule has 1 aliphatic rings. The number of halogens is 2. The Hall–Kier alpha value is -4.05. The van der Waals surface area contributed by atoms with Gasteiger partial charge in [-0.1, -0.05) is 30.5 Å². The van der Waals surface area contributed by atoms with Crippen LogP contribution in [0.15, 0.2) is 67.6 Å². The number of benzene rings is 1. The summed E-state index contributed by atoms with van der Waals surface area (Å²) in [6.45, 7) is 0. The maximum absolute atomic E-state index is 15.1. The third kappa shape index (κ3) is 4.28. The third-order valence-corrected chi connectivity index (χ3v) is 6.47. The summed E-state index contributed by atoms with van der Waals surface area (Å²) < 4.78 is 18.5. The maximum Gasteiger partial charge on any atom is 0.151 e. The summed E-state index contributed by atoms with van der Waals surface area (Å²) in [7, 11) is 0. The smallest absolute Gasteiger partial charge is 0.151 e. The van der Waals surface area contributed by atoms with E-state index in [2.05, 4.69) is 30.8 Å². The van der Waals surface area contributed by atoms with Crippen molar-refractivity contribution >= 4 is 11.6 Å². The van der Waals surface area contributed by atoms with E-state index >= 15 is 4.39 Å². The summed E-state index contributed by atoms with van der Waals surface area (Å²) in [5, 5.41) is 23.7. The second kappa shape index (κ2) is 8.95. The molecule has 6 rings (SSSR count). The monoisotopic (exact) mass is 487 g/mol. The van der Waals surface area contributed by atoms with E-state index in [1.807, 2.05) is 35.3 Å². The van der Waals surface area contributed by atoms with Crippen LogP contribution >= 0.6 is 11.6 Å². The minimum atomic E-state index is -0.550. The maximum atomic E-state index is 15.1. The quantitative estimate of drug-likeness (QED) is 0.331. The van der Waals surface area contributed by atoms with Crippen LogP contribution in [0.25, 0.3) is 27.9 Å². The van der Waals surface area contributed by atoms with Crippen molar-refractivity contribution in [2.24, 2.45) is 5.92 Å². The van der Waals surface area contributed by atoms with Gasteiger partial charge in [-0.05, 0) is 47.0 Å². The number of hydrogen-bond donors (Lipinski definition) is 0. The van der Waals surface area contributed by atoms with Crippen molar-refractivity contribution in [3.63, 3.8) is 0 Å². The molecule has 11 heteroatoms. The van der Waals surface area contributed by atoms with Crippen molar-refractivity contribution < 1.29 is 4.39 Å². The number of nitrogens with zero attached hydrogens (tertiary/aromatic N) is 9. The first-order valence-corrected chi connectivity index (χ1v) is 11.5. The Morgan fingerprint density at radius 2 is 1.89 bits per heavy atom. The Morgan fingerprint density at radius 3 is 2.60 bits per heavy atom. The molecule has 0 amide bonds. The number of rotatable bonds is 7. The summed E-state index contributed by atoms with van der Waals surface area (Å²) >= 11 is 6.10. The van der Waals surface area contributed by atoms with Crippen LogP contribution in [0.2, 0.25) is 5.02 Å². The van der Waals surface area contributed by atoms with Crippen LogP contribution in [0.3, 0.4) is 0 Å². The van der Waals surface area contributed by atoms with Crippen LogP contribution in [-0.2, 0) is 0 Å². The van der Waals surface area contributed by atoms with Crippen LogP contribution in [0, 0.1) is 11.7 Å². The van der Waals surface area contributed by atoms with Crippen molar-refractivity contribution in [1.82, 2.24) is 45.2 Å². The lowest BCUT2D eigenvalue weighted by Gasteiger charge is -2.18. The van der Waals surface area contributed by atoms with Crippen LogP contribution in [-0.4, -0.2) is 45.2 Å². The van der Waals surface area contributed by atoms with E-state index in [-0.39, 0.29) is 16.6 Å². The van der Waals surface area contributed by atoms with E-state index in [4.69, 9.17) is 16.6 Å². The molecule has 4 heterocycles. The van der Waals surface area contributed by atoms with Gasteiger partial charge in [0, 0.05) is 34.6 Å². The van der Waals surface area contributed by atoms with E-state index in [0.717, 1.165) is 23.2 Å². The minimum Gasteiger partial charge on any atom is -0.263 e. The van der Waals surface area contributed by atoms with E-state index < -0.39 is 5.82 Å². The molecule has 9 nitrogen and oxygen atoms in total. The molecule has 4 aromatic heterocycles.